The van der Waals surface area contributed by atoms with Crippen molar-refractivity contribution < 1.29 is 17.5 Å². The van der Waals surface area contributed by atoms with E-state index in [1.807, 2.05) is 0 Å². The number of unbranched alkanes of at least 4 members (excludes halogenated alkanes) is 1. The van der Waals surface area contributed by atoms with Gasteiger partial charge in [-0.1, -0.05) is 0 Å². The molecule has 0 spiro atoms. The highest BCUT2D eigenvalue weighted by Gasteiger charge is 2.16. The summed E-state index contributed by atoms with van der Waals surface area (Å²) >= 11 is 0. The van der Waals surface area contributed by atoms with E-state index in [1.54, 1.807) is 7.11 Å². The van der Waals surface area contributed by atoms with E-state index in [0.29, 0.717) is 19.6 Å². The Labute approximate surface area is 113 Å². The van der Waals surface area contributed by atoms with E-state index >= 15 is 0 Å². The Kier molecular flexibility index (Phi) is 5.71. The highest BCUT2D eigenvalue weighted by Crippen LogP contribution is 2.20. The molecule has 19 heavy (non-hydrogen) atoms. The van der Waals surface area contributed by atoms with Gasteiger partial charge in [-0.2, -0.15) is 0 Å². The van der Waals surface area contributed by atoms with Crippen LogP contribution < -0.4 is 10.5 Å². The molecule has 0 aromatic heterocycles. The molecule has 7 heteroatoms. The van der Waals surface area contributed by atoms with Gasteiger partial charge in [-0.3, -0.25) is 0 Å². The number of hydrogen-bond acceptors (Lipinski definition) is 4. The van der Waals surface area contributed by atoms with Crippen molar-refractivity contribution in [2.75, 3.05) is 26.0 Å². The van der Waals surface area contributed by atoms with Gasteiger partial charge in [0.15, 0.2) is 0 Å². The molecule has 0 unspecified atom stereocenters. The summed E-state index contributed by atoms with van der Waals surface area (Å²) in [5.41, 5.74) is 5.47. The minimum absolute atomic E-state index is 0.0179. The molecule has 0 bridgehead atoms. The van der Waals surface area contributed by atoms with Gasteiger partial charge in [-0.25, -0.2) is 17.5 Å². The Balaban J connectivity index is 2.72. The number of rotatable bonds is 7. The molecule has 5 nitrogen and oxygen atoms in total. The van der Waals surface area contributed by atoms with Crippen molar-refractivity contribution in [3.63, 3.8) is 0 Å². The van der Waals surface area contributed by atoms with Crippen molar-refractivity contribution in [2.24, 2.45) is 0 Å². The SMILES string of the molecule is COCCCCNS(=O)(=O)c1cc(C)c(F)c(N)c1. The van der Waals surface area contributed by atoms with Crippen LogP contribution in [-0.2, 0) is 14.8 Å². The number of benzene rings is 1. The monoisotopic (exact) mass is 290 g/mol. The molecule has 3 N–H and O–H groups in total. The van der Waals surface area contributed by atoms with Gasteiger partial charge in [-0.05, 0) is 37.5 Å². The largest absolute Gasteiger partial charge is 0.396 e. The Hall–Kier alpha value is -1.18. The van der Waals surface area contributed by atoms with Crippen LogP contribution in [0, 0.1) is 12.7 Å². The molecule has 0 saturated carbocycles. The zero-order chi connectivity index (χ0) is 14.5. The molecule has 0 amide bonds. The van der Waals surface area contributed by atoms with Crippen LogP contribution >= 0.6 is 0 Å². The molecule has 0 aliphatic carbocycles. The van der Waals surface area contributed by atoms with E-state index in [2.05, 4.69) is 4.72 Å². The first-order valence-electron chi connectivity index (χ1n) is 5.92. The van der Waals surface area contributed by atoms with Crippen LogP contribution in [0.5, 0.6) is 0 Å². The second-order valence-electron chi connectivity index (χ2n) is 4.24. The van der Waals surface area contributed by atoms with E-state index in [-0.39, 0.29) is 16.1 Å². The fourth-order valence-corrected chi connectivity index (χ4v) is 2.77. The van der Waals surface area contributed by atoms with Crippen molar-refractivity contribution in [2.45, 2.75) is 24.7 Å². The third-order valence-electron chi connectivity index (χ3n) is 2.63. The summed E-state index contributed by atoms with van der Waals surface area (Å²) in [6.45, 7) is 2.37. The predicted octanol–water partition coefficient (Wildman–Crippen LogP) is 1.42. The maximum Gasteiger partial charge on any atom is 0.240 e. The van der Waals surface area contributed by atoms with Crippen molar-refractivity contribution >= 4 is 15.7 Å². The van der Waals surface area contributed by atoms with Crippen LogP contribution in [0.4, 0.5) is 10.1 Å². The van der Waals surface area contributed by atoms with Crippen LogP contribution in [0.15, 0.2) is 17.0 Å². The zero-order valence-electron chi connectivity index (χ0n) is 11.1. The summed E-state index contributed by atoms with van der Waals surface area (Å²) in [7, 11) is -2.06. The smallest absolute Gasteiger partial charge is 0.240 e. The first-order valence-corrected chi connectivity index (χ1v) is 7.41. The summed E-state index contributed by atoms with van der Waals surface area (Å²) in [6, 6.07) is 2.39. The Bertz CT molecular complexity index is 509. The van der Waals surface area contributed by atoms with E-state index < -0.39 is 15.8 Å². The zero-order valence-corrected chi connectivity index (χ0v) is 11.9. The predicted molar refractivity (Wildman–Crippen MR) is 71.8 cm³/mol. The van der Waals surface area contributed by atoms with Gasteiger partial charge < -0.3 is 10.5 Å². The average Bonchev–Trinajstić information content (AvgIpc) is 2.35. The summed E-state index contributed by atoms with van der Waals surface area (Å²) in [5, 5.41) is 0. The molecule has 0 radical (unpaired) electrons. The van der Waals surface area contributed by atoms with Crippen molar-refractivity contribution in [3.8, 4) is 0 Å². The molecule has 108 valence electrons. The molecular formula is C12H19FN2O3S. The molecular weight excluding hydrogens is 271 g/mol. The van der Waals surface area contributed by atoms with Crippen LogP contribution in [0.25, 0.3) is 0 Å². The Morgan fingerprint density at radius 1 is 1.37 bits per heavy atom. The van der Waals surface area contributed by atoms with Gasteiger partial charge in [0.2, 0.25) is 10.0 Å². The Morgan fingerprint density at radius 2 is 2.05 bits per heavy atom. The maximum atomic E-state index is 13.3. The molecule has 1 aromatic rings. The van der Waals surface area contributed by atoms with Gasteiger partial charge in [0, 0.05) is 20.3 Å². The van der Waals surface area contributed by atoms with E-state index in [9.17, 15) is 12.8 Å². The van der Waals surface area contributed by atoms with Gasteiger partial charge >= 0.3 is 0 Å². The number of nitrogens with one attached hydrogen (secondary N) is 1. The number of ether oxygens (including phenoxy) is 1. The number of anilines is 1. The Morgan fingerprint density at radius 3 is 2.63 bits per heavy atom. The van der Waals surface area contributed by atoms with E-state index in [0.717, 1.165) is 12.5 Å². The van der Waals surface area contributed by atoms with Crippen molar-refractivity contribution in [1.29, 1.82) is 0 Å². The first-order chi connectivity index (χ1) is 8.88. The average molecular weight is 290 g/mol. The number of nitrogen functional groups attached to an aromatic ring is 1. The molecule has 0 aliphatic rings. The number of hydrogen-bond donors (Lipinski definition) is 2. The minimum atomic E-state index is -3.65. The quantitative estimate of drug-likeness (QED) is 0.588. The van der Waals surface area contributed by atoms with Crippen molar-refractivity contribution in [1.82, 2.24) is 4.72 Å². The minimum Gasteiger partial charge on any atom is -0.396 e. The molecule has 1 rings (SSSR count). The molecule has 0 aliphatic heterocycles. The molecule has 0 atom stereocenters. The number of aryl methyl sites for hydroxylation is 1. The van der Waals surface area contributed by atoms with Gasteiger partial charge in [0.1, 0.15) is 5.82 Å². The molecule has 1 aromatic carbocycles. The van der Waals surface area contributed by atoms with Gasteiger partial charge in [0.05, 0.1) is 10.6 Å². The third kappa shape index (κ3) is 4.45. The molecule has 0 heterocycles. The molecule has 0 fully saturated rings. The lowest BCUT2D eigenvalue weighted by Gasteiger charge is -2.09. The second kappa shape index (κ2) is 6.83. The molecule has 0 saturated heterocycles. The van der Waals surface area contributed by atoms with Crippen molar-refractivity contribution in [3.05, 3.63) is 23.5 Å². The van der Waals surface area contributed by atoms with Gasteiger partial charge in [0.25, 0.3) is 0 Å². The van der Waals surface area contributed by atoms with Crippen LogP contribution in [0.1, 0.15) is 18.4 Å². The summed E-state index contributed by atoms with van der Waals surface area (Å²) < 4.78 is 44.6. The van der Waals surface area contributed by atoms with Crippen LogP contribution in [0.3, 0.4) is 0 Å². The standard InChI is InChI=1S/C12H19FN2O3S/c1-9-7-10(8-11(14)12(9)13)19(16,17)15-5-3-4-6-18-2/h7-8,15H,3-6,14H2,1-2H3. The lowest BCUT2D eigenvalue weighted by molar-refractivity contribution is 0.193. The lowest BCUT2D eigenvalue weighted by atomic mass is 10.2. The highest BCUT2D eigenvalue weighted by molar-refractivity contribution is 7.89. The van der Waals surface area contributed by atoms with Gasteiger partial charge in [-0.15, -0.1) is 0 Å². The van der Waals surface area contributed by atoms with E-state index in [4.69, 9.17) is 10.5 Å². The number of sulfonamides is 1. The fraction of sp³-hybridized carbons (Fsp3) is 0.500. The summed E-state index contributed by atoms with van der Waals surface area (Å²) in [6.07, 6.45) is 1.44. The van der Waals surface area contributed by atoms with Crippen LogP contribution in [-0.4, -0.2) is 28.7 Å². The van der Waals surface area contributed by atoms with Crippen LogP contribution in [0.2, 0.25) is 0 Å². The number of halogens is 1. The number of nitrogens with two attached hydrogens (primary N) is 1. The fourth-order valence-electron chi connectivity index (χ4n) is 1.58. The highest BCUT2D eigenvalue weighted by atomic mass is 32.2. The summed E-state index contributed by atoms with van der Waals surface area (Å²) in [5.74, 6) is -0.584. The van der Waals surface area contributed by atoms with E-state index in [1.165, 1.54) is 13.0 Å². The lowest BCUT2D eigenvalue weighted by Crippen LogP contribution is -2.25. The third-order valence-corrected chi connectivity index (χ3v) is 4.07. The maximum absolute atomic E-state index is 13.3. The number of methoxy groups -OCH3 is 1. The summed E-state index contributed by atoms with van der Waals surface area (Å²) in [4.78, 5) is -0.0179. The topological polar surface area (TPSA) is 81.4 Å². The second-order valence-corrected chi connectivity index (χ2v) is 6.01. The normalized spacial score (nSPS) is 11.7. The first kappa shape index (κ1) is 15.9.